The van der Waals surface area contributed by atoms with Crippen molar-refractivity contribution in [3.05, 3.63) is 93.4 Å². The van der Waals surface area contributed by atoms with Crippen LogP contribution in [-0.2, 0) is 26.2 Å². The first-order chi connectivity index (χ1) is 19.0. The van der Waals surface area contributed by atoms with Gasteiger partial charge in [0.2, 0.25) is 11.8 Å². The molecule has 1 aliphatic rings. The number of carbonyl (C=O) groups excluding carboxylic acids is 2. The van der Waals surface area contributed by atoms with Gasteiger partial charge in [0.1, 0.15) is 12.6 Å². The molecule has 1 aliphatic carbocycles. The van der Waals surface area contributed by atoms with Crippen LogP contribution in [0.1, 0.15) is 43.7 Å². The Kier molecular flexibility index (Phi) is 9.92. The maximum absolute atomic E-state index is 14.0. The molecule has 10 heteroatoms. The van der Waals surface area contributed by atoms with E-state index in [1.165, 1.54) is 23.1 Å². The quantitative estimate of drug-likeness (QED) is 0.289. The van der Waals surface area contributed by atoms with Crippen LogP contribution in [0.3, 0.4) is 0 Å². The van der Waals surface area contributed by atoms with Crippen LogP contribution < -0.4 is 9.62 Å². The van der Waals surface area contributed by atoms with Gasteiger partial charge in [-0.3, -0.25) is 13.9 Å². The molecule has 1 N–H and O–H groups in total. The van der Waals surface area contributed by atoms with Gasteiger partial charge in [0.15, 0.2) is 0 Å². The number of hydrogen-bond acceptors (Lipinski definition) is 4. The number of amides is 2. The third-order valence-corrected chi connectivity index (χ3v) is 9.67. The van der Waals surface area contributed by atoms with Crippen molar-refractivity contribution in [3.63, 3.8) is 0 Å². The number of sulfonamides is 1. The summed E-state index contributed by atoms with van der Waals surface area (Å²) in [4.78, 5) is 28.8. The van der Waals surface area contributed by atoms with Crippen molar-refractivity contribution in [2.24, 2.45) is 0 Å². The van der Waals surface area contributed by atoms with Crippen LogP contribution in [0.25, 0.3) is 0 Å². The second-order valence-corrected chi connectivity index (χ2v) is 13.3. The Morgan fingerprint density at radius 2 is 1.68 bits per heavy atom. The summed E-state index contributed by atoms with van der Waals surface area (Å²) in [6.45, 7) is 3.18. The largest absolute Gasteiger partial charge is 0.352 e. The lowest BCUT2D eigenvalue weighted by atomic mass is 10.1. The van der Waals surface area contributed by atoms with Gasteiger partial charge in [0.05, 0.1) is 10.6 Å². The van der Waals surface area contributed by atoms with Gasteiger partial charge in [-0.05, 0) is 74.7 Å². The van der Waals surface area contributed by atoms with Gasteiger partial charge in [-0.2, -0.15) is 0 Å². The van der Waals surface area contributed by atoms with E-state index in [2.05, 4.69) is 21.2 Å². The van der Waals surface area contributed by atoms with E-state index in [1.807, 2.05) is 31.2 Å². The average molecular weight is 647 g/mol. The highest BCUT2D eigenvalue weighted by atomic mass is 79.9. The zero-order valence-corrected chi connectivity index (χ0v) is 25.7. The molecule has 212 valence electrons. The van der Waals surface area contributed by atoms with Crippen molar-refractivity contribution < 1.29 is 18.0 Å². The summed E-state index contributed by atoms with van der Waals surface area (Å²) >= 11 is 9.65. The first-order valence-electron chi connectivity index (χ1n) is 13.2. The molecule has 0 radical (unpaired) electrons. The van der Waals surface area contributed by atoms with E-state index in [4.69, 9.17) is 11.6 Å². The second-order valence-electron chi connectivity index (χ2n) is 10.1. The van der Waals surface area contributed by atoms with Crippen molar-refractivity contribution in [1.82, 2.24) is 10.2 Å². The molecule has 1 unspecified atom stereocenters. The van der Waals surface area contributed by atoms with Gasteiger partial charge in [-0.25, -0.2) is 8.42 Å². The highest BCUT2D eigenvalue weighted by Crippen LogP contribution is 2.27. The number of hydrogen-bond donors (Lipinski definition) is 1. The van der Waals surface area contributed by atoms with Crippen molar-refractivity contribution in [1.29, 1.82) is 0 Å². The van der Waals surface area contributed by atoms with E-state index >= 15 is 0 Å². The van der Waals surface area contributed by atoms with E-state index in [0.29, 0.717) is 5.02 Å². The molecule has 0 spiro atoms. The summed E-state index contributed by atoms with van der Waals surface area (Å²) in [6.07, 6.45) is 3.95. The molecule has 4 rings (SSSR count). The molecule has 2 amide bonds. The summed E-state index contributed by atoms with van der Waals surface area (Å²) in [5.74, 6) is -0.763. The normalized spacial score (nSPS) is 14.5. The number of benzene rings is 3. The number of anilines is 1. The molecule has 7 nitrogen and oxygen atoms in total. The highest BCUT2D eigenvalue weighted by molar-refractivity contribution is 9.10. The number of rotatable bonds is 10. The number of carbonyl (C=O) groups is 2. The molecule has 1 saturated carbocycles. The lowest BCUT2D eigenvalue weighted by molar-refractivity contribution is -0.139. The van der Waals surface area contributed by atoms with Crippen LogP contribution in [0.5, 0.6) is 0 Å². The van der Waals surface area contributed by atoms with Crippen LogP contribution in [-0.4, -0.2) is 43.8 Å². The molecule has 0 saturated heterocycles. The molecular weight excluding hydrogens is 614 g/mol. The van der Waals surface area contributed by atoms with Crippen LogP contribution in [0.4, 0.5) is 5.69 Å². The standard InChI is InChI=1S/C30H33BrClN3O4S/c1-21-10-16-28(17-11-21)40(38,39)35(27-9-5-6-25(32)18-27)20-29(36)34(19-23-12-14-24(31)15-13-23)22(2)30(37)33-26-7-3-4-8-26/h5-6,9-18,22,26H,3-4,7-8,19-20H2,1-2H3,(H,33,37). The molecule has 1 fully saturated rings. The molecule has 0 heterocycles. The highest BCUT2D eigenvalue weighted by Gasteiger charge is 2.33. The first kappa shape index (κ1) is 30.1. The maximum Gasteiger partial charge on any atom is 0.264 e. The predicted octanol–water partition coefficient (Wildman–Crippen LogP) is 6.08. The molecule has 1 atom stereocenters. The fourth-order valence-corrected chi connectivity index (χ4v) is 6.61. The Morgan fingerprint density at radius 1 is 1.02 bits per heavy atom. The number of nitrogens with one attached hydrogen (secondary N) is 1. The number of halogens is 2. The summed E-state index contributed by atoms with van der Waals surface area (Å²) in [5.41, 5.74) is 1.98. The summed E-state index contributed by atoms with van der Waals surface area (Å²) in [5, 5.41) is 3.41. The van der Waals surface area contributed by atoms with Gasteiger partial charge in [-0.1, -0.05) is 76.3 Å². The maximum atomic E-state index is 14.0. The molecular formula is C30H33BrClN3O4S. The Labute approximate surface area is 249 Å². The third-order valence-electron chi connectivity index (χ3n) is 7.12. The summed E-state index contributed by atoms with van der Waals surface area (Å²) in [7, 11) is -4.14. The minimum absolute atomic E-state index is 0.0531. The second kappa shape index (κ2) is 13.2. The smallest absolute Gasteiger partial charge is 0.264 e. The molecule has 40 heavy (non-hydrogen) atoms. The lowest BCUT2D eigenvalue weighted by Crippen LogP contribution is -2.52. The van der Waals surface area contributed by atoms with E-state index in [9.17, 15) is 18.0 Å². The van der Waals surface area contributed by atoms with Crippen molar-refractivity contribution in [2.45, 2.75) is 63.1 Å². The van der Waals surface area contributed by atoms with Gasteiger partial charge in [0.25, 0.3) is 10.0 Å². The minimum Gasteiger partial charge on any atom is -0.352 e. The van der Waals surface area contributed by atoms with Crippen LogP contribution in [0, 0.1) is 6.92 Å². The minimum atomic E-state index is -4.14. The SMILES string of the molecule is Cc1ccc(S(=O)(=O)N(CC(=O)N(Cc2ccc(Br)cc2)C(C)C(=O)NC2CCCC2)c2cccc(Cl)c2)cc1. The Bertz CT molecular complexity index is 1440. The molecule has 3 aromatic rings. The monoisotopic (exact) mass is 645 g/mol. The van der Waals surface area contributed by atoms with E-state index < -0.39 is 28.5 Å². The molecule has 0 aliphatic heterocycles. The zero-order valence-electron chi connectivity index (χ0n) is 22.5. The van der Waals surface area contributed by atoms with Crippen LogP contribution in [0.2, 0.25) is 5.02 Å². The van der Waals surface area contributed by atoms with E-state index in [0.717, 1.165) is 45.6 Å². The Morgan fingerprint density at radius 3 is 2.30 bits per heavy atom. The van der Waals surface area contributed by atoms with Crippen molar-refractivity contribution in [2.75, 3.05) is 10.8 Å². The lowest BCUT2D eigenvalue weighted by Gasteiger charge is -2.32. The number of aryl methyl sites for hydroxylation is 1. The summed E-state index contributed by atoms with van der Waals surface area (Å²) < 4.78 is 29.7. The molecule has 3 aromatic carbocycles. The van der Waals surface area contributed by atoms with Crippen molar-refractivity contribution >= 4 is 55.1 Å². The fourth-order valence-electron chi connectivity index (χ4n) is 4.76. The third kappa shape index (κ3) is 7.44. The van der Waals surface area contributed by atoms with E-state index in [-0.39, 0.29) is 29.1 Å². The van der Waals surface area contributed by atoms with Crippen LogP contribution >= 0.6 is 27.5 Å². The summed E-state index contributed by atoms with van der Waals surface area (Å²) in [6, 6.07) is 19.6. The van der Waals surface area contributed by atoms with Gasteiger partial charge >= 0.3 is 0 Å². The topological polar surface area (TPSA) is 86.8 Å². The molecule has 0 aromatic heterocycles. The Hall–Kier alpha value is -2.88. The van der Waals surface area contributed by atoms with Gasteiger partial charge < -0.3 is 10.2 Å². The zero-order chi connectivity index (χ0) is 28.9. The average Bonchev–Trinajstić information content (AvgIpc) is 3.44. The van der Waals surface area contributed by atoms with Crippen LogP contribution in [0.15, 0.2) is 82.2 Å². The van der Waals surface area contributed by atoms with Crippen molar-refractivity contribution in [3.8, 4) is 0 Å². The first-order valence-corrected chi connectivity index (χ1v) is 15.8. The molecule has 0 bridgehead atoms. The fraction of sp³-hybridized carbons (Fsp3) is 0.333. The Balaban J connectivity index is 1.68. The number of nitrogens with zero attached hydrogens (tertiary/aromatic N) is 2. The van der Waals surface area contributed by atoms with Gasteiger partial charge in [-0.15, -0.1) is 0 Å². The predicted molar refractivity (Wildman–Crippen MR) is 162 cm³/mol. The van der Waals surface area contributed by atoms with E-state index in [1.54, 1.807) is 37.3 Å². The van der Waals surface area contributed by atoms with Gasteiger partial charge in [0, 0.05) is 22.1 Å².